The lowest BCUT2D eigenvalue weighted by molar-refractivity contribution is 0.0945. The van der Waals surface area contributed by atoms with E-state index < -0.39 is 0 Å². The highest BCUT2D eigenvalue weighted by atomic mass is 35.5. The minimum Gasteiger partial charge on any atom is -0.454 e. The fraction of sp³-hybridized carbons (Fsp3) is 0.118. The van der Waals surface area contributed by atoms with Gasteiger partial charge in [-0.1, -0.05) is 22.9 Å². The fourth-order valence-electron chi connectivity index (χ4n) is 2.41. The molecule has 4 rings (SSSR count). The lowest BCUT2D eigenvalue weighted by atomic mass is 10.2. The molecule has 0 spiro atoms. The molecule has 1 aliphatic heterocycles. The van der Waals surface area contributed by atoms with Crippen LogP contribution in [0, 0.1) is 0 Å². The second-order valence-electron chi connectivity index (χ2n) is 5.40. The van der Waals surface area contributed by atoms with Crippen LogP contribution in [0.2, 0.25) is 5.02 Å². The molecule has 8 heteroatoms. The number of aromatic nitrogens is 3. The van der Waals surface area contributed by atoms with Crippen LogP contribution in [0.1, 0.15) is 16.1 Å². The van der Waals surface area contributed by atoms with Crippen molar-refractivity contribution in [3.63, 3.8) is 0 Å². The highest BCUT2D eigenvalue weighted by Gasteiger charge is 2.15. The molecular formula is C17H13ClN4O3. The second-order valence-corrected chi connectivity index (χ2v) is 5.83. The van der Waals surface area contributed by atoms with Gasteiger partial charge in [-0.2, -0.15) is 0 Å². The second kappa shape index (κ2) is 6.45. The van der Waals surface area contributed by atoms with Crippen molar-refractivity contribution < 1.29 is 14.3 Å². The number of hydrogen-bond donors (Lipinski definition) is 1. The Hall–Kier alpha value is -3.06. The van der Waals surface area contributed by atoms with Gasteiger partial charge in [0, 0.05) is 11.6 Å². The number of nitrogens with zero attached hydrogens (tertiary/aromatic N) is 3. The zero-order chi connectivity index (χ0) is 17.2. The summed E-state index contributed by atoms with van der Waals surface area (Å²) in [7, 11) is 0. The van der Waals surface area contributed by atoms with Gasteiger partial charge in [-0.15, -0.1) is 5.10 Å². The summed E-state index contributed by atoms with van der Waals surface area (Å²) in [5, 5.41) is 11.3. The minimum absolute atomic E-state index is 0.221. The Labute approximate surface area is 148 Å². The van der Waals surface area contributed by atoms with E-state index in [4.69, 9.17) is 21.1 Å². The third-order valence-electron chi connectivity index (χ3n) is 3.71. The first-order valence-corrected chi connectivity index (χ1v) is 7.92. The maximum Gasteiger partial charge on any atom is 0.273 e. The van der Waals surface area contributed by atoms with E-state index in [1.54, 1.807) is 30.5 Å². The predicted molar refractivity (Wildman–Crippen MR) is 90.1 cm³/mol. The average molecular weight is 357 g/mol. The smallest absolute Gasteiger partial charge is 0.273 e. The number of carbonyl (C=O) groups excluding carboxylic acids is 1. The van der Waals surface area contributed by atoms with E-state index in [9.17, 15) is 4.79 Å². The van der Waals surface area contributed by atoms with Crippen LogP contribution in [0.25, 0.3) is 5.69 Å². The van der Waals surface area contributed by atoms with Gasteiger partial charge in [-0.05, 0) is 42.0 Å². The molecule has 2 aromatic carbocycles. The summed E-state index contributed by atoms with van der Waals surface area (Å²) in [6.07, 6.45) is 1.57. The number of rotatable bonds is 4. The summed E-state index contributed by atoms with van der Waals surface area (Å²) in [6, 6.07) is 12.6. The number of hydrogen-bond acceptors (Lipinski definition) is 5. The number of nitrogens with one attached hydrogen (secondary N) is 1. The van der Waals surface area contributed by atoms with Crippen molar-refractivity contribution in [2.75, 3.05) is 6.79 Å². The molecule has 126 valence electrons. The molecule has 0 saturated heterocycles. The van der Waals surface area contributed by atoms with E-state index in [2.05, 4.69) is 15.6 Å². The highest BCUT2D eigenvalue weighted by molar-refractivity contribution is 6.30. The number of carbonyl (C=O) groups is 1. The molecule has 1 aliphatic rings. The van der Waals surface area contributed by atoms with Gasteiger partial charge in [0.05, 0.1) is 11.9 Å². The zero-order valence-electron chi connectivity index (χ0n) is 13.0. The van der Waals surface area contributed by atoms with E-state index in [1.807, 2.05) is 18.2 Å². The lowest BCUT2D eigenvalue weighted by Gasteiger charge is -2.04. The van der Waals surface area contributed by atoms with Crippen LogP contribution in [-0.2, 0) is 6.54 Å². The van der Waals surface area contributed by atoms with Gasteiger partial charge in [-0.25, -0.2) is 4.68 Å². The van der Waals surface area contributed by atoms with Gasteiger partial charge in [-0.3, -0.25) is 4.79 Å². The molecular weight excluding hydrogens is 344 g/mol. The highest BCUT2D eigenvalue weighted by Crippen LogP contribution is 2.32. The van der Waals surface area contributed by atoms with E-state index in [1.165, 1.54) is 4.68 Å². The predicted octanol–water partition coefficient (Wildman–Crippen LogP) is 2.58. The van der Waals surface area contributed by atoms with Gasteiger partial charge >= 0.3 is 0 Å². The van der Waals surface area contributed by atoms with Crippen molar-refractivity contribution in [3.8, 4) is 17.2 Å². The van der Waals surface area contributed by atoms with Crippen molar-refractivity contribution >= 4 is 17.5 Å². The van der Waals surface area contributed by atoms with Gasteiger partial charge < -0.3 is 14.8 Å². The Bertz CT molecular complexity index is 924. The number of halogens is 1. The number of benzene rings is 2. The van der Waals surface area contributed by atoms with E-state index in [0.717, 1.165) is 11.3 Å². The quantitative estimate of drug-likeness (QED) is 0.777. The first-order chi connectivity index (χ1) is 12.2. The Morgan fingerprint density at radius 1 is 1.16 bits per heavy atom. The SMILES string of the molecule is O=C(NCc1ccc2c(c1)OCO2)c1cn(-c2ccc(Cl)cc2)nn1. The van der Waals surface area contributed by atoms with Gasteiger partial charge in [0.25, 0.3) is 5.91 Å². The van der Waals surface area contributed by atoms with Crippen molar-refractivity contribution in [1.82, 2.24) is 20.3 Å². The Morgan fingerprint density at radius 2 is 1.96 bits per heavy atom. The molecule has 1 aromatic heterocycles. The summed E-state index contributed by atoms with van der Waals surface area (Å²) in [5.41, 5.74) is 1.91. The maximum atomic E-state index is 12.2. The van der Waals surface area contributed by atoms with E-state index >= 15 is 0 Å². The van der Waals surface area contributed by atoms with Gasteiger partial charge in [0.1, 0.15) is 0 Å². The standard InChI is InChI=1S/C17H13ClN4O3/c18-12-2-4-13(5-3-12)22-9-14(20-21-22)17(23)19-8-11-1-6-15-16(7-11)25-10-24-15/h1-7,9H,8,10H2,(H,19,23). The molecule has 3 aromatic rings. The summed E-state index contributed by atoms with van der Waals surface area (Å²) in [5.74, 6) is 1.08. The number of ether oxygens (including phenoxy) is 2. The normalized spacial score (nSPS) is 12.2. The molecule has 0 saturated carbocycles. The molecule has 0 fully saturated rings. The van der Waals surface area contributed by atoms with Crippen molar-refractivity contribution in [2.24, 2.45) is 0 Å². The van der Waals surface area contributed by atoms with Crippen LogP contribution < -0.4 is 14.8 Å². The largest absolute Gasteiger partial charge is 0.454 e. The third-order valence-corrected chi connectivity index (χ3v) is 3.96. The number of fused-ring (bicyclic) bond motifs is 1. The molecule has 0 aliphatic carbocycles. The monoisotopic (exact) mass is 356 g/mol. The average Bonchev–Trinajstić information content (AvgIpc) is 3.29. The molecule has 1 N–H and O–H groups in total. The first-order valence-electron chi connectivity index (χ1n) is 7.54. The van der Waals surface area contributed by atoms with Crippen LogP contribution in [-0.4, -0.2) is 27.7 Å². The topological polar surface area (TPSA) is 78.3 Å². The molecule has 25 heavy (non-hydrogen) atoms. The molecule has 0 bridgehead atoms. The van der Waals surface area contributed by atoms with Crippen LogP contribution >= 0.6 is 11.6 Å². The summed E-state index contributed by atoms with van der Waals surface area (Å²) >= 11 is 5.86. The molecule has 7 nitrogen and oxygen atoms in total. The molecule has 0 unspecified atom stereocenters. The minimum atomic E-state index is -0.308. The zero-order valence-corrected chi connectivity index (χ0v) is 13.7. The third kappa shape index (κ3) is 3.27. The van der Waals surface area contributed by atoms with Crippen molar-refractivity contribution in [3.05, 3.63) is 64.9 Å². The molecule has 2 heterocycles. The van der Waals surface area contributed by atoms with Crippen LogP contribution in [0.3, 0.4) is 0 Å². The molecule has 0 atom stereocenters. The van der Waals surface area contributed by atoms with Crippen molar-refractivity contribution in [2.45, 2.75) is 6.54 Å². The maximum absolute atomic E-state index is 12.2. The summed E-state index contributed by atoms with van der Waals surface area (Å²) in [6.45, 7) is 0.572. The van der Waals surface area contributed by atoms with Crippen LogP contribution in [0.15, 0.2) is 48.7 Å². The van der Waals surface area contributed by atoms with Crippen LogP contribution in [0.4, 0.5) is 0 Å². The molecule has 1 amide bonds. The Balaban J connectivity index is 1.42. The first kappa shape index (κ1) is 15.5. The van der Waals surface area contributed by atoms with Crippen molar-refractivity contribution in [1.29, 1.82) is 0 Å². The van der Waals surface area contributed by atoms with Crippen LogP contribution in [0.5, 0.6) is 11.5 Å². The summed E-state index contributed by atoms with van der Waals surface area (Å²) in [4.78, 5) is 12.2. The van der Waals surface area contributed by atoms with Gasteiger partial charge in [0.2, 0.25) is 6.79 Å². The Kier molecular flexibility index (Phi) is 3.99. The summed E-state index contributed by atoms with van der Waals surface area (Å²) < 4.78 is 12.1. The van der Waals surface area contributed by atoms with E-state index in [0.29, 0.717) is 23.1 Å². The Morgan fingerprint density at radius 3 is 2.80 bits per heavy atom. The number of amides is 1. The lowest BCUT2D eigenvalue weighted by Crippen LogP contribution is -2.23. The van der Waals surface area contributed by atoms with E-state index in [-0.39, 0.29) is 18.4 Å². The fourth-order valence-corrected chi connectivity index (χ4v) is 2.54. The molecule has 0 radical (unpaired) electrons. The van der Waals surface area contributed by atoms with Gasteiger partial charge in [0.15, 0.2) is 17.2 Å².